The highest BCUT2D eigenvalue weighted by Crippen LogP contribution is 2.26. The Hall–Kier alpha value is -1.82. The molecule has 0 bridgehead atoms. The lowest BCUT2D eigenvalue weighted by Crippen LogP contribution is -2.11. The van der Waals surface area contributed by atoms with Gasteiger partial charge in [-0.1, -0.05) is 13.8 Å². The molecule has 2 rings (SSSR count). The number of anilines is 2. The molecule has 2 aromatic heterocycles. The van der Waals surface area contributed by atoms with E-state index in [0.717, 1.165) is 10.8 Å². The molecule has 0 aliphatic rings. The van der Waals surface area contributed by atoms with Crippen molar-refractivity contribution in [1.29, 1.82) is 0 Å². The first-order chi connectivity index (χ1) is 9.95. The van der Waals surface area contributed by atoms with Crippen molar-refractivity contribution in [3.63, 3.8) is 0 Å². The molecule has 0 fully saturated rings. The first-order valence-corrected chi connectivity index (χ1v) is 7.85. The molecular weight excluding hydrogens is 284 g/mol. The van der Waals surface area contributed by atoms with E-state index in [1.807, 2.05) is 25.3 Å². The minimum Gasteiger partial charge on any atom is -0.476 e. The maximum atomic E-state index is 5.90. The summed E-state index contributed by atoms with van der Waals surface area (Å²) in [6.07, 6.45) is 1.88. The first-order valence-electron chi connectivity index (χ1n) is 7.04. The number of aryl methyl sites for hydroxylation is 1. The zero-order chi connectivity index (χ0) is 15.4. The van der Waals surface area contributed by atoms with E-state index in [9.17, 15) is 0 Å². The molecule has 0 saturated heterocycles. The zero-order valence-electron chi connectivity index (χ0n) is 12.9. The van der Waals surface area contributed by atoms with Crippen LogP contribution >= 0.6 is 11.3 Å². The van der Waals surface area contributed by atoms with Gasteiger partial charge in [-0.3, -0.25) is 0 Å². The van der Waals surface area contributed by atoms with Crippen LogP contribution in [-0.2, 0) is 0 Å². The molecule has 0 aliphatic heterocycles. The highest BCUT2D eigenvalue weighted by Gasteiger charge is 2.12. The molecule has 114 valence electrons. The first kappa shape index (κ1) is 15.6. The number of nitrogens with zero attached hydrogens (tertiary/aromatic N) is 2. The minimum absolute atomic E-state index is 0.0952. The number of hydrogen-bond donors (Lipinski definition) is 2. The number of rotatable bonds is 6. The Labute approximate surface area is 129 Å². The fourth-order valence-electron chi connectivity index (χ4n) is 1.75. The van der Waals surface area contributed by atoms with Crippen LogP contribution in [0.3, 0.4) is 0 Å². The number of thiazole rings is 1. The molecule has 0 saturated carbocycles. The SMILES string of the molecule is Cc1cnc(C(C)Nc2ccc(N)c(OCC(C)C)n2)s1. The van der Waals surface area contributed by atoms with Gasteiger partial charge < -0.3 is 15.8 Å². The van der Waals surface area contributed by atoms with Crippen LogP contribution in [0, 0.1) is 12.8 Å². The lowest BCUT2D eigenvalue weighted by atomic mass is 10.2. The van der Waals surface area contributed by atoms with E-state index in [1.165, 1.54) is 4.88 Å². The molecule has 3 N–H and O–H groups in total. The van der Waals surface area contributed by atoms with Crippen molar-refractivity contribution in [2.24, 2.45) is 5.92 Å². The average molecular weight is 306 g/mol. The summed E-state index contributed by atoms with van der Waals surface area (Å²) in [6.45, 7) is 8.89. The van der Waals surface area contributed by atoms with E-state index >= 15 is 0 Å². The number of ether oxygens (including phenoxy) is 1. The highest BCUT2D eigenvalue weighted by atomic mass is 32.1. The molecule has 1 unspecified atom stereocenters. The smallest absolute Gasteiger partial charge is 0.239 e. The lowest BCUT2D eigenvalue weighted by molar-refractivity contribution is 0.263. The summed E-state index contributed by atoms with van der Waals surface area (Å²) in [5.74, 6) is 1.65. The number of nitrogens with one attached hydrogen (secondary N) is 1. The highest BCUT2D eigenvalue weighted by molar-refractivity contribution is 7.11. The Bertz CT molecular complexity index is 597. The van der Waals surface area contributed by atoms with E-state index in [-0.39, 0.29) is 6.04 Å². The molecule has 5 nitrogen and oxygen atoms in total. The Morgan fingerprint density at radius 3 is 2.71 bits per heavy atom. The topological polar surface area (TPSA) is 73.1 Å². The number of nitrogen functional groups attached to an aromatic ring is 1. The van der Waals surface area contributed by atoms with E-state index in [2.05, 4.69) is 36.1 Å². The molecule has 21 heavy (non-hydrogen) atoms. The van der Waals surface area contributed by atoms with Crippen molar-refractivity contribution in [2.45, 2.75) is 33.7 Å². The predicted molar refractivity (Wildman–Crippen MR) is 87.9 cm³/mol. The van der Waals surface area contributed by atoms with Crippen molar-refractivity contribution in [1.82, 2.24) is 9.97 Å². The molecular formula is C15H22N4OS. The second-order valence-corrected chi connectivity index (χ2v) is 6.74. The second-order valence-electron chi connectivity index (χ2n) is 5.47. The van der Waals surface area contributed by atoms with Crippen molar-refractivity contribution in [2.75, 3.05) is 17.7 Å². The van der Waals surface area contributed by atoms with Gasteiger partial charge >= 0.3 is 0 Å². The van der Waals surface area contributed by atoms with E-state index in [4.69, 9.17) is 10.5 Å². The summed E-state index contributed by atoms with van der Waals surface area (Å²) >= 11 is 1.68. The van der Waals surface area contributed by atoms with Gasteiger partial charge in [0.2, 0.25) is 5.88 Å². The van der Waals surface area contributed by atoms with Gasteiger partial charge in [-0.15, -0.1) is 11.3 Å². The van der Waals surface area contributed by atoms with Crippen LogP contribution in [0.25, 0.3) is 0 Å². The molecule has 0 amide bonds. The van der Waals surface area contributed by atoms with Gasteiger partial charge in [0, 0.05) is 11.1 Å². The Morgan fingerprint density at radius 2 is 2.10 bits per heavy atom. The quantitative estimate of drug-likeness (QED) is 0.852. The summed E-state index contributed by atoms with van der Waals surface area (Å²) in [4.78, 5) is 10.0. The van der Waals surface area contributed by atoms with Crippen molar-refractivity contribution in [3.8, 4) is 5.88 Å². The Morgan fingerprint density at radius 1 is 1.33 bits per heavy atom. The van der Waals surface area contributed by atoms with Crippen LogP contribution in [0.1, 0.15) is 36.7 Å². The normalized spacial score (nSPS) is 12.4. The van der Waals surface area contributed by atoms with Crippen molar-refractivity contribution < 1.29 is 4.74 Å². The molecule has 2 aromatic rings. The van der Waals surface area contributed by atoms with Gasteiger partial charge in [0.1, 0.15) is 10.8 Å². The van der Waals surface area contributed by atoms with Crippen LogP contribution in [0.5, 0.6) is 5.88 Å². The Balaban J connectivity index is 2.07. The zero-order valence-corrected chi connectivity index (χ0v) is 13.7. The standard InChI is InChI=1S/C15H22N4OS/c1-9(2)8-20-14-12(16)5-6-13(19-14)18-11(4)15-17-7-10(3)21-15/h5-7,9,11H,8,16H2,1-4H3,(H,18,19). The largest absolute Gasteiger partial charge is 0.476 e. The van der Waals surface area contributed by atoms with Gasteiger partial charge in [-0.2, -0.15) is 4.98 Å². The maximum Gasteiger partial charge on any atom is 0.239 e. The average Bonchev–Trinajstić information content (AvgIpc) is 2.86. The molecule has 0 aromatic carbocycles. The lowest BCUT2D eigenvalue weighted by Gasteiger charge is -2.15. The van der Waals surface area contributed by atoms with Crippen molar-refractivity contribution in [3.05, 3.63) is 28.2 Å². The van der Waals surface area contributed by atoms with Gasteiger partial charge in [0.25, 0.3) is 0 Å². The number of hydrogen-bond acceptors (Lipinski definition) is 6. The van der Waals surface area contributed by atoms with Crippen molar-refractivity contribution >= 4 is 22.8 Å². The van der Waals surface area contributed by atoms with E-state index in [0.29, 0.717) is 24.1 Å². The number of pyridine rings is 1. The van der Waals surface area contributed by atoms with Crippen LogP contribution in [0.2, 0.25) is 0 Å². The summed E-state index contributed by atoms with van der Waals surface area (Å²) in [7, 11) is 0. The van der Waals surface area contributed by atoms with Crippen LogP contribution in [0.4, 0.5) is 11.5 Å². The molecule has 0 radical (unpaired) electrons. The van der Waals surface area contributed by atoms with E-state index in [1.54, 1.807) is 11.3 Å². The third kappa shape index (κ3) is 4.32. The molecule has 1 atom stereocenters. The molecule has 6 heteroatoms. The molecule has 0 aliphatic carbocycles. The predicted octanol–water partition coefficient (Wildman–Crippen LogP) is 3.64. The third-order valence-electron chi connectivity index (χ3n) is 2.82. The second kappa shape index (κ2) is 6.76. The van der Waals surface area contributed by atoms with Crippen LogP contribution < -0.4 is 15.8 Å². The Kier molecular flexibility index (Phi) is 5.01. The molecule has 2 heterocycles. The monoisotopic (exact) mass is 306 g/mol. The maximum absolute atomic E-state index is 5.90. The van der Waals surface area contributed by atoms with Crippen LogP contribution in [0.15, 0.2) is 18.3 Å². The van der Waals surface area contributed by atoms with Gasteiger partial charge in [-0.25, -0.2) is 4.98 Å². The summed E-state index contributed by atoms with van der Waals surface area (Å²) < 4.78 is 5.64. The number of nitrogens with two attached hydrogens (primary N) is 1. The fraction of sp³-hybridized carbons (Fsp3) is 0.467. The third-order valence-corrected chi connectivity index (χ3v) is 3.91. The van der Waals surface area contributed by atoms with Gasteiger partial charge in [0.15, 0.2) is 0 Å². The van der Waals surface area contributed by atoms with Crippen LogP contribution in [-0.4, -0.2) is 16.6 Å². The summed E-state index contributed by atoms with van der Waals surface area (Å²) in [5.41, 5.74) is 6.45. The van der Waals surface area contributed by atoms with E-state index < -0.39 is 0 Å². The minimum atomic E-state index is 0.0952. The number of aromatic nitrogens is 2. The summed E-state index contributed by atoms with van der Waals surface area (Å²) in [5, 5.41) is 4.37. The van der Waals surface area contributed by atoms with Gasteiger partial charge in [-0.05, 0) is 31.9 Å². The molecule has 0 spiro atoms. The summed E-state index contributed by atoms with van der Waals surface area (Å²) in [6, 6.07) is 3.76. The van der Waals surface area contributed by atoms with Gasteiger partial charge in [0.05, 0.1) is 18.3 Å². The fourth-order valence-corrected chi connectivity index (χ4v) is 2.53.